The summed E-state index contributed by atoms with van der Waals surface area (Å²) < 4.78 is 70.3. The summed E-state index contributed by atoms with van der Waals surface area (Å²) in [5, 5.41) is 46.2. The molecular weight excluding hydrogens is 884 g/mol. The van der Waals surface area contributed by atoms with Crippen LogP contribution in [0.25, 0.3) is 5.69 Å². The number of ether oxygens (including phenoxy) is 1. The van der Waals surface area contributed by atoms with Crippen molar-refractivity contribution >= 4 is 41.7 Å². The molecule has 0 bridgehead atoms. The van der Waals surface area contributed by atoms with Gasteiger partial charge in [0.2, 0.25) is 17.7 Å². The zero-order chi connectivity index (χ0) is 49.2. The van der Waals surface area contributed by atoms with Gasteiger partial charge in [-0.05, 0) is 61.9 Å². The van der Waals surface area contributed by atoms with Crippen LogP contribution >= 0.6 is 0 Å². The number of imidazole rings is 1. The molecule has 0 aliphatic carbocycles. The lowest BCUT2D eigenvalue weighted by Crippen LogP contribution is -2.56. The number of carboxylic acid groups (broad SMARTS) is 3. The van der Waals surface area contributed by atoms with Crippen molar-refractivity contribution in [3.8, 4) is 11.4 Å². The normalized spacial score (nSPS) is 14.8. The number of aromatic nitrogens is 2. The number of alkyl halides is 6. The number of phenols is 1. The van der Waals surface area contributed by atoms with E-state index in [0.29, 0.717) is 24.2 Å². The number of nitrogens with zero attached hydrogens (tertiary/aromatic N) is 3. The fourth-order valence-corrected chi connectivity index (χ4v) is 5.61. The number of carbonyl (C=O) groups is 7. The smallest absolute Gasteiger partial charge is 0.490 e. The zero-order valence-electron chi connectivity index (χ0n) is 35.3. The molecule has 4 rings (SSSR count). The Labute approximate surface area is 367 Å². The number of carboxylic acids is 3. The Morgan fingerprint density at radius 2 is 1.49 bits per heavy atom. The summed E-state index contributed by atoms with van der Waals surface area (Å²) in [4.78, 5) is 86.2. The topological polar surface area (TPSA) is 279 Å². The molecule has 1 aromatic heterocycles. The Hall–Kier alpha value is -6.92. The van der Waals surface area contributed by atoms with Gasteiger partial charge in [0, 0.05) is 26.2 Å². The molecule has 19 nitrogen and oxygen atoms in total. The summed E-state index contributed by atoms with van der Waals surface area (Å²) in [6, 6.07) is 10.8. The molecule has 0 unspecified atom stereocenters. The maximum Gasteiger partial charge on any atom is 0.490 e. The van der Waals surface area contributed by atoms with E-state index in [2.05, 4.69) is 26.3 Å². The van der Waals surface area contributed by atoms with Crippen LogP contribution in [0.5, 0.6) is 5.75 Å². The Morgan fingerprint density at radius 3 is 2.02 bits per heavy atom. The van der Waals surface area contributed by atoms with E-state index < -0.39 is 60.4 Å². The predicted molar refractivity (Wildman–Crippen MR) is 214 cm³/mol. The van der Waals surface area contributed by atoms with Crippen molar-refractivity contribution in [2.24, 2.45) is 5.92 Å². The molecular formula is C40H49F6N7O12. The molecule has 8 N–H and O–H groups in total. The lowest BCUT2D eigenvalue weighted by atomic mass is 10.0. The monoisotopic (exact) mass is 933 g/mol. The third-order valence-corrected chi connectivity index (χ3v) is 9.18. The minimum atomic E-state index is -5.08. The van der Waals surface area contributed by atoms with Gasteiger partial charge < -0.3 is 51.0 Å². The average molecular weight is 934 g/mol. The van der Waals surface area contributed by atoms with Crippen LogP contribution in [0.15, 0.2) is 61.1 Å². The molecule has 1 aliphatic heterocycles. The molecule has 1 saturated heterocycles. The summed E-state index contributed by atoms with van der Waals surface area (Å²) in [7, 11) is 1.35. The van der Waals surface area contributed by atoms with Crippen LogP contribution < -0.4 is 21.3 Å². The van der Waals surface area contributed by atoms with Crippen molar-refractivity contribution in [1.29, 1.82) is 0 Å². The van der Waals surface area contributed by atoms with E-state index in [4.69, 9.17) is 24.5 Å². The number of halogens is 6. The zero-order valence-corrected chi connectivity index (χ0v) is 35.3. The third-order valence-electron chi connectivity index (χ3n) is 9.18. The Kier molecular flexibility index (Phi) is 20.7. The SMILES string of the molecule is CC(C)[C@H](NC(=O)[C@H](C)NC(=O)[C@@H]1CCCN1)C(=O)NCCc1ccc(O)c(-n2cnc(C[C@@H](C(=O)O)N(C)C(=O)OCc3ccccc3)c2)c1.O=C(O)C(F)(F)F.O=C(O)C(F)(F)F. The number of benzene rings is 2. The number of likely N-dealkylation sites (N-methyl/N-ethyl adjacent to an activating group) is 1. The maximum atomic E-state index is 13.1. The van der Waals surface area contributed by atoms with Crippen molar-refractivity contribution in [1.82, 2.24) is 35.7 Å². The molecule has 0 radical (unpaired) electrons. The third kappa shape index (κ3) is 18.4. The molecule has 4 amide bonds. The second-order valence-corrected chi connectivity index (χ2v) is 14.6. The van der Waals surface area contributed by atoms with Gasteiger partial charge in [0.15, 0.2) is 0 Å². The van der Waals surface area contributed by atoms with E-state index in [9.17, 15) is 60.5 Å². The van der Waals surface area contributed by atoms with Crippen molar-refractivity contribution in [2.45, 2.75) is 89.6 Å². The Bertz CT molecular complexity index is 2070. The predicted octanol–water partition coefficient (Wildman–Crippen LogP) is 3.17. The second kappa shape index (κ2) is 24.8. The van der Waals surface area contributed by atoms with E-state index in [1.807, 2.05) is 32.0 Å². The van der Waals surface area contributed by atoms with Crippen molar-refractivity contribution in [2.75, 3.05) is 20.1 Å². The number of aromatic hydroxyl groups is 1. The van der Waals surface area contributed by atoms with Gasteiger partial charge in [-0.3, -0.25) is 19.3 Å². The largest absolute Gasteiger partial charge is 0.506 e. The van der Waals surface area contributed by atoms with Crippen LogP contribution in [0.4, 0.5) is 31.1 Å². The molecule has 358 valence electrons. The van der Waals surface area contributed by atoms with Crippen LogP contribution in [0.1, 0.15) is 50.4 Å². The second-order valence-electron chi connectivity index (χ2n) is 14.6. The highest BCUT2D eigenvalue weighted by molar-refractivity contribution is 5.93. The molecule has 2 aromatic carbocycles. The van der Waals surface area contributed by atoms with Crippen LogP contribution in [0.2, 0.25) is 0 Å². The van der Waals surface area contributed by atoms with E-state index in [1.165, 1.54) is 19.4 Å². The minimum Gasteiger partial charge on any atom is -0.506 e. The van der Waals surface area contributed by atoms with Gasteiger partial charge in [-0.15, -0.1) is 0 Å². The van der Waals surface area contributed by atoms with Crippen molar-refractivity contribution in [3.05, 3.63) is 77.9 Å². The van der Waals surface area contributed by atoms with Crippen LogP contribution in [0.3, 0.4) is 0 Å². The van der Waals surface area contributed by atoms with Gasteiger partial charge in [0.1, 0.15) is 30.5 Å². The summed E-state index contributed by atoms with van der Waals surface area (Å²) >= 11 is 0. The molecule has 25 heteroatoms. The molecule has 0 saturated carbocycles. The Morgan fingerprint density at radius 1 is 0.892 bits per heavy atom. The van der Waals surface area contributed by atoms with E-state index in [-0.39, 0.29) is 49.1 Å². The lowest BCUT2D eigenvalue weighted by Gasteiger charge is -2.24. The number of hydrogen-bond donors (Lipinski definition) is 8. The molecule has 2 heterocycles. The van der Waals surface area contributed by atoms with Gasteiger partial charge in [0.25, 0.3) is 0 Å². The molecule has 1 fully saturated rings. The highest BCUT2D eigenvalue weighted by Crippen LogP contribution is 2.24. The summed E-state index contributed by atoms with van der Waals surface area (Å²) in [6.07, 6.45) is -6.05. The fraction of sp³-hybridized carbons (Fsp3) is 0.450. The van der Waals surface area contributed by atoms with Crippen LogP contribution in [0, 0.1) is 5.92 Å². The highest BCUT2D eigenvalue weighted by Gasteiger charge is 2.39. The van der Waals surface area contributed by atoms with E-state index in [1.54, 1.807) is 42.0 Å². The highest BCUT2D eigenvalue weighted by atomic mass is 19.4. The first-order valence-corrected chi connectivity index (χ1v) is 19.5. The van der Waals surface area contributed by atoms with Crippen LogP contribution in [-0.4, -0.2) is 133 Å². The lowest BCUT2D eigenvalue weighted by molar-refractivity contribution is -0.193. The minimum absolute atomic E-state index is 0.00210. The van der Waals surface area contributed by atoms with Gasteiger partial charge >= 0.3 is 36.4 Å². The van der Waals surface area contributed by atoms with Gasteiger partial charge in [-0.2, -0.15) is 26.3 Å². The number of aliphatic carboxylic acids is 3. The number of phenolic OH excluding ortho intramolecular Hbond substituents is 1. The first-order chi connectivity index (χ1) is 30.2. The molecule has 3 aromatic rings. The number of hydrogen-bond acceptors (Lipinski definition) is 11. The first-order valence-electron chi connectivity index (χ1n) is 19.5. The van der Waals surface area contributed by atoms with Gasteiger partial charge in [-0.1, -0.05) is 50.2 Å². The van der Waals surface area contributed by atoms with E-state index in [0.717, 1.165) is 29.0 Å². The van der Waals surface area contributed by atoms with Gasteiger partial charge in [0.05, 0.1) is 23.8 Å². The number of nitrogens with one attached hydrogen (secondary N) is 4. The molecule has 4 atom stereocenters. The standard InChI is InChI=1S/C36H47N7O8.2C2HF3O2/c1-22(2)31(41-32(45)23(3)40-33(46)27-11-8-15-37-27)34(47)38-16-14-24-12-13-30(44)28(17-24)43-19-26(39-21-43)18-29(35(48)49)42(4)36(50)51-20-25-9-6-5-7-10-25;2*3-2(4,5)1(6)7/h5-7,9-10,12-13,17,19,21-23,27,29,31,37,44H,8,11,14-16,18,20H2,1-4H3,(H,38,47)(H,40,46)(H,41,45)(H,48,49);2*(H,6,7)/t23-,27-,29-,31-;;/m0../s1. The molecule has 1 aliphatic rings. The number of carbonyl (C=O) groups excluding carboxylic acids is 4. The fourth-order valence-electron chi connectivity index (χ4n) is 5.61. The summed E-state index contributed by atoms with van der Waals surface area (Å²) in [5.41, 5.74) is 2.30. The van der Waals surface area contributed by atoms with Gasteiger partial charge in [-0.25, -0.2) is 24.2 Å². The maximum absolute atomic E-state index is 13.1. The Balaban J connectivity index is 0.000000894. The van der Waals surface area contributed by atoms with Crippen molar-refractivity contribution < 1.29 is 85.1 Å². The molecule has 65 heavy (non-hydrogen) atoms. The van der Waals surface area contributed by atoms with Crippen molar-refractivity contribution in [3.63, 3.8) is 0 Å². The van der Waals surface area contributed by atoms with Crippen LogP contribution in [-0.2, 0) is 53.0 Å². The summed E-state index contributed by atoms with van der Waals surface area (Å²) in [5.74, 6) is -8.07. The summed E-state index contributed by atoms with van der Waals surface area (Å²) in [6.45, 7) is 6.21. The first kappa shape index (κ1) is 54.2. The number of rotatable bonds is 16. The molecule has 0 spiro atoms. The quantitative estimate of drug-likeness (QED) is 0.0959. The van der Waals surface area contributed by atoms with E-state index >= 15 is 0 Å². The average Bonchev–Trinajstić information content (AvgIpc) is 3.95. The number of amides is 4.